The molecule has 1 aliphatic rings. The molecule has 0 heterocycles. The second-order valence-electron chi connectivity index (χ2n) is 4.45. The molecule has 0 aliphatic heterocycles. The van der Waals surface area contributed by atoms with Crippen LogP contribution >= 0.6 is 0 Å². The van der Waals surface area contributed by atoms with E-state index in [0.717, 1.165) is 12.0 Å². The van der Waals surface area contributed by atoms with Gasteiger partial charge in [0.25, 0.3) is 0 Å². The lowest BCUT2D eigenvalue weighted by Crippen LogP contribution is -2.17. The van der Waals surface area contributed by atoms with E-state index in [0.29, 0.717) is 6.61 Å². The Bertz CT molecular complexity index is 399. The van der Waals surface area contributed by atoms with Gasteiger partial charge in [-0.3, -0.25) is 4.79 Å². The Morgan fingerprint density at radius 3 is 2.69 bits per heavy atom. The summed E-state index contributed by atoms with van der Waals surface area (Å²) < 4.78 is 17.8. The van der Waals surface area contributed by atoms with E-state index in [2.05, 4.69) is 0 Å². The standard InChI is InChI=1S/C13H15FO2/c1-3-16-12(15)13(2)8-11(13)9-4-6-10(14)7-5-9/h4-7,11H,3,8H2,1-2H3/t11-,13+/m1/s1. The zero-order valence-electron chi connectivity index (χ0n) is 9.50. The molecule has 2 rings (SSSR count). The van der Waals surface area contributed by atoms with E-state index >= 15 is 0 Å². The number of rotatable bonds is 3. The lowest BCUT2D eigenvalue weighted by Gasteiger charge is -2.10. The summed E-state index contributed by atoms with van der Waals surface area (Å²) in [5.41, 5.74) is 0.602. The maximum atomic E-state index is 12.8. The van der Waals surface area contributed by atoms with Crippen molar-refractivity contribution >= 4 is 5.97 Å². The summed E-state index contributed by atoms with van der Waals surface area (Å²) in [6, 6.07) is 6.34. The first-order valence-electron chi connectivity index (χ1n) is 5.50. The second-order valence-corrected chi connectivity index (χ2v) is 4.45. The SMILES string of the molecule is CCOC(=O)[C@@]1(C)C[C@@H]1c1ccc(F)cc1. The maximum Gasteiger partial charge on any atom is 0.312 e. The highest BCUT2D eigenvalue weighted by Gasteiger charge is 2.57. The summed E-state index contributed by atoms with van der Waals surface area (Å²) in [7, 11) is 0. The van der Waals surface area contributed by atoms with Gasteiger partial charge in [0, 0.05) is 5.92 Å². The minimum Gasteiger partial charge on any atom is -0.466 e. The molecule has 0 radical (unpaired) electrons. The number of carbonyl (C=O) groups is 1. The van der Waals surface area contributed by atoms with E-state index in [-0.39, 0.29) is 17.7 Å². The average Bonchev–Trinajstić information content (AvgIpc) is 2.94. The van der Waals surface area contributed by atoms with E-state index in [1.807, 2.05) is 6.92 Å². The van der Waals surface area contributed by atoms with Crippen molar-refractivity contribution in [2.45, 2.75) is 26.2 Å². The van der Waals surface area contributed by atoms with Gasteiger partial charge >= 0.3 is 5.97 Å². The molecule has 0 spiro atoms. The van der Waals surface area contributed by atoms with Crippen molar-refractivity contribution in [2.24, 2.45) is 5.41 Å². The molecular formula is C13H15FO2. The highest BCUT2D eigenvalue weighted by molar-refractivity contribution is 5.81. The summed E-state index contributed by atoms with van der Waals surface area (Å²) >= 11 is 0. The Kier molecular flexibility index (Phi) is 2.70. The van der Waals surface area contributed by atoms with E-state index in [1.165, 1.54) is 12.1 Å². The van der Waals surface area contributed by atoms with Crippen LogP contribution in [0.5, 0.6) is 0 Å². The summed E-state index contributed by atoms with van der Waals surface area (Å²) in [6.45, 7) is 4.11. The normalized spacial score (nSPS) is 27.6. The molecule has 2 nitrogen and oxygen atoms in total. The van der Waals surface area contributed by atoms with E-state index in [4.69, 9.17) is 4.74 Å². The van der Waals surface area contributed by atoms with Crippen LogP contribution in [-0.4, -0.2) is 12.6 Å². The molecule has 1 fully saturated rings. The minimum atomic E-state index is -0.409. The first-order chi connectivity index (χ1) is 7.58. The number of hydrogen-bond donors (Lipinski definition) is 0. The fourth-order valence-corrected chi connectivity index (χ4v) is 2.07. The van der Waals surface area contributed by atoms with Gasteiger partial charge in [-0.2, -0.15) is 0 Å². The van der Waals surface area contributed by atoms with Crippen molar-refractivity contribution in [3.05, 3.63) is 35.6 Å². The molecule has 0 aromatic heterocycles. The van der Waals surface area contributed by atoms with E-state index < -0.39 is 5.41 Å². The zero-order chi connectivity index (χ0) is 11.8. The third kappa shape index (κ3) is 1.82. The van der Waals surface area contributed by atoms with Crippen molar-refractivity contribution in [3.8, 4) is 0 Å². The summed E-state index contributed by atoms with van der Waals surface area (Å²) in [6.07, 6.45) is 0.789. The number of carbonyl (C=O) groups excluding carboxylic acids is 1. The Balaban J connectivity index is 2.10. The van der Waals surface area contributed by atoms with Crippen LogP contribution in [0.1, 0.15) is 31.7 Å². The molecule has 86 valence electrons. The predicted octanol–water partition coefficient (Wildman–Crippen LogP) is 2.88. The molecule has 0 unspecified atom stereocenters. The number of halogens is 1. The number of ether oxygens (including phenoxy) is 1. The molecule has 3 heteroatoms. The second kappa shape index (κ2) is 3.89. The number of benzene rings is 1. The quantitative estimate of drug-likeness (QED) is 0.735. The molecule has 1 aliphatic carbocycles. The lowest BCUT2D eigenvalue weighted by atomic mass is 10.0. The summed E-state index contributed by atoms with van der Waals surface area (Å²) in [4.78, 5) is 11.7. The van der Waals surface area contributed by atoms with Crippen LogP contribution in [0.25, 0.3) is 0 Å². The third-order valence-corrected chi connectivity index (χ3v) is 3.25. The van der Waals surface area contributed by atoms with E-state index in [1.54, 1.807) is 19.1 Å². The van der Waals surface area contributed by atoms with Gasteiger partial charge in [0.1, 0.15) is 5.82 Å². The van der Waals surface area contributed by atoms with Crippen molar-refractivity contribution in [1.29, 1.82) is 0 Å². The molecule has 1 aromatic rings. The molecule has 0 N–H and O–H groups in total. The van der Waals surface area contributed by atoms with Crippen LogP contribution in [0.2, 0.25) is 0 Å². The van der Waals surface area contributed by atoms with Gasteiger partial charge in [-0.1, -0.05) is 12.1 Å². The Hall–Kier alpha value is -1.38. The fourth-order valence-electron chi connectivity index (χ4n) is 2.07. The van der Waals surface area contributed by atoms with Gasteiger partial charge < -0.3 is 4.74 Å². The monoisotopic (exact) mass is 222 g/mol. The van der Waals surface area contributed by atoms with Gasteiger partial charge in [-0.05, 0) is 38.0 Å². The van der Waals surface area contributed by atoms with Crippen molar-refractivity contribution in [1.82, 2.24) is 0 Å². The van der Waals surface area contributed by atoms with Gasteiger partial charge in [-0.15, -0.1) is 0 Å². The predicted molar refractivity (Wildman–Crippen MR) is 58.5 cm³/mol. The first kappa shape index (κ1) is 11.1. The largest absolute Gasteiger partial charge is 0.466 e. The lowest BCUT2D eigenvalue weighted by molar-refractivity contribution is -0.149. The van der Waals surface area contributed by atoms with Crippen LogP contribution in [0.15, 0.2) is 24.3 Å². The minimum absolute atomic E-state index is 0.149. The summed E-state index contributed by atoms with van der Waals surface area (Å²) in [5, 5.41) is 0. The Labute approximate surface area is 94.4 Å². The summed E-state index contributed by atoms with van der Waals surface area (Å²) in [5.74, 6) is -0.223. The molecule has 0 saturated heterocycles. The Morgan fingerprint density at radius 1 is 1.50 bits per heavy atom. The molecule has 2 atom stereocenters. The topological polar surface area (TPSA) is 26.3 Å². The van der Waals surface area contributed by atoms with Gasteiger partial charge in [-0.25, -0.2) is 4.39 Å². The Morgan fingerprint density at radius 2 is 2.12 bits per heavy atom. The van der Waals surface area contributed by atoms with Crippen LogP contribution < -0.4 is 0 Å². The highest BCUT2D eigenvalue weighted by Crippen LogP contribution is 2.59. The van der Waals surface area contributed by atoms with Crippen LogP contribution in [-0.2, 0) is 9.53 Å². The average molecular weight is 222 g/mol. The number of esters is 1. The molecule has 1 aromatic carbocycles. The molecule has 16 heavy (non-hydrogen) atoms. The molecule has 0 bridgehead atoms. The van der Waals surface area contributed by atoms with Crippen molar-refractivity contribution in [2.75, 3.05) is 6.61 Å². The zero-order valence-corrected chi connectivity index (χ0v) is 9.50. The van der Waals surface area contributed by atoms with Crippen LogP contribution in [0.4, 0.5) is 4.39 Å². The molecule has 0 amide bonds. The molecule has 1 saturated carbocycles. The van der Waals surface area contributed by atoms with Gasteiger partial charge in [0.05, 0.1) is 12.0 Å². The van der Waals surface area contributed by atoms with Crippen LogP contribution in [0.3, 0.4) is 0 Å². The fraction of sp³-hybridized carbons (Fsp3) is 0.462. The van der Waals surface area contributed by atoms with Crippen LogP contribution in [0, 0.1) is 11.2 Å². The highest BCUT2D eigenvalue weighted by atomic mass is 19.1. The van der Waals surface area contributed by atoms with Crippen molar-refractivity contribution in [3.63, 3.8) is 0 Å². The maximum absolute atomic E-state index is 12.8. The number of hydrogen-bond acceptors (Lipinski definition) is 2. The van der Waals surface area contributed by atoms with Crippen molar-refractivity contribution < 1.29 is 13.9 Å². The van der Waals surface area contributed by atoms with Gasteiger partial charge in [0.15, 0.2) is 0 Å². The van der Waals surface area contributed by atoms with Gasteiger partial charge in [0.2, 0.25) is 0 Å². The van der Waals surface area contributed by atoms with E-state index in [9.17, 15) is 9.18 Å². The smallest absolute Gasteiger partial charge is 0.312 e. The molecular weight excluding hydrogens is 207 g/mol. The first-order valence-corrected chi connectivity index (χ1v) is 5.50. The third-order valence-electron chi connectivity index (χ3n) is 3.25.